The molecule has 2 aromatic carbocycles. The van der Waals surface area contributed by atoms with E-state index >= 15 is 0 Å². The summed E-state index contributed by atoms with van der Waals surface area (Å²) in [6, 6.07) is 12.6. The fourth-order valence-corrected chi connectivity index (χ4v) is 3.30. The Bertz CT molecular complexity index is 628. The van der Waals surface area contributed by atoms with Crippen molar-refractivity contribution in [3.05, 3.63) is 70.5 Å². The number of hydrogen-bond donors (Lipinski definition) is 1. The van der Waals surface area contributed by atoms with Crippen LogP contribution in [0, 0.1) is 12.7 Å². The third kappa shape index (κ3) is 3.99. The van der Waals surface area contributed by atoms with Crippen molar-refractivity contribution in [1.29, 1.82) is 0 Å². The lowest BCUT2D eigenvalue weighted by Crippen LogP contribution is -2.04. The molecule has 2 nitrogen and oxygen atoms in total. The highest BCUT2D eigenvalue weighted by molar-refractivity contribution is 7.83. The van der Waals surface area contributed by atoms with Crippen LogP contribution in [0.2, 0.25) is 0 Å². The summed E-state index contributed by atoms with van der Waals surface area (Å²) in [5.74, 6) is 0.335. The average Bonchev–Trinajstić information content (AvgIpc) is 2.41. The fourth-order valence-electron chi connectivity index (χ4n) is 2.08. The molecule has 2 N–H and O–H groups in total. The molecule has 0 heterocycles. The smallest absolute Gasteiger partial charge is 0.127 e. The third-order valence-corrected chi connectivity index (χ3v) is 4.36. The molecule has 0 spiro atoms. The summed E-state index contributed by atoms with van der Waals surface area (Å²) >= 11 is 0. The Kier molecular flexibility index (Phi) is 5.04. The summed E-state index contributed by atoms with van der Waals surface area (Å²) in [5, 5.41) is 0. The minimum absolute atomic E-state index is 0.216. The average molecular weight is 291 g/mol. The first-order valence-electron chi connectivity index (χ1n) is 6.46. The summed E-state index contributed by atoms with van der Waals surface area (Å²) in [4.78, 5) is 0. The zero-order chi connectivity index (χ0) is 14.5. The highest BCUT2D eigenvalue weighted by Gasteiger charge is 2.09. The van der Waals surface area contributed by atoms with Gasteiger partial charge in [0, 0.05) is 28.7 Å². The van der Waals surface area contributed by atoms with Crippen LogP contribution in [0.1, 0.15) is 22.3 Å². The molecule has 0 saturated heterocycles. The minimum Gasteiger partial charge on any atom is -0.326 e. The van der Waals surface area contributed by atoms with Crippen LogP contribution in [0.4, 0.5) is 4.39 Å². The lowest BCUT2D eigenvalue weighted by Gasteiger charge is -2.07. The van der Waals surface area contributed by atoms with E-state index in [4.69, 9.17) is 5.73 Å². The monoisotopic (exact) mass is 291 g/mol. The lowest BCUT2D eigenvalue weighted by molar-refractivity contribution is 0.614. The molecule has 0 aliphatic rings. The Morgan fingerprint density at radius 1 is 1.10 bits per heavy atom. The summed E-state index contributed by atoms with van der Waals surface area (Å²) < 4.78 is 25.9. The molecule has 2 aromatic rings. The van der Waals surface area contributed by atoms with Crippen LogP contribution >= 0.6 is 0 Å². The van der Waals surface area contributed by atoms with Gasteiger partial charge in [0.2, 0.25) is 0 Å². The molecule has 106 valence electrons. The molecule has 0 aliphatic heterocycles. The van der Waals surface area contributed by atoms with Gasteiger partial charge in [-0.3, -0.25) is 4.21 Å². The predicted octanol–water partition coefficient (Wildman–Crippen LogP) is 3.04. The normalized spacial score (nSPS) is 12.3. The van der Waals surface area contributed by atoms with E-state index in [1.807, 2.05) is 31.2 Å². The van der Waals surface area contributed by atoms with Crippen molar-refractivity contribution >= 4 is 10.8 Å². The summed E-state index contributed by atoms with van der Waals surface area (Å²) in [6.45, 7) is 2.36. The van der Waals surface area contributed by atoms with E-state index in [1.165, 1.54) is 6.07 Å². The minimum atomic E-state index is -1.13. The predicted molar refractivity (Wildman–Crippen MR) is 81.0 cm³/mol. The number of hydrogen-bond acceptors (Lipinski definition) is 2. The highest BCUT2D eigenvalue weighted by atomic mass is 32.2. The highest BCUT2D eigenvalue weighted by Crippen LogP contribution is 2.15. The maximum absolute atomic E-state index is 13.7. The van der Waals surface area contributed by atoms with Crippen molar-refractivity contribution in [2.24, 2.45) is 5.73 Å². The number of rotatable bonds is 5. The van der Waals surface area contributed by atoms with Gasteiger partial charge in [-0.15, -0.1) is 0 Å². The first kappa shape index (κ1) is 14.9. The van der Waals surface area contributed by atoms with E-state index in [0.29, 0.717) is 17.9 Å². The van der Waals surface area contributed by atoms with Gasteiger partial charge in [-0.05, 0) is 24.1 Å². The van der Waals surface area contributed by atoms with Crippen LogP contribution in [-0.4, -0.2) is 4.21 Å². The Labute approximate surface area is 121 Å². The number of nitrogens with two attached hydrogens (primary N) is 1. The standard InChI is InChI=1S/C16H18FNOS/c1-12-3-2-4-14(7-12)10-20(19)11-15-8-13(9-18)5-6-16(15)17/h2-8H,9-11,18H2,1H3. The quantitative estimate of drug-likeness (QED) is 0.920. The van der Waals surface area contributed by atoms with E-state index in [2.05, 4.69) is 0 Å². The Morgan fingerprint density at radius 3 is 2.60 bits per heavy atom. The lowest BCUT2D eigenvalue weighted by atomic mass is 10.1. The van der Waals surface area contributed by atoms with E-state index in [-0.39, 0.29) is 11.6 Å². The van der Waals surface area contributed by atoms with Crippen LogP contribution < -0.4 is 5.73 Å². The second kappa shape index (κ2) is 6.77. The van der Waals surface area contributed by atoms with Gasteiger partial charge in [0.15, 0.2) is 0 Å². The van der Waals surface area contributed by atoms with E-state index < -0.39 is 10.8 Å². The zero-order valence-electron chi connectivity index (χ0n) is 11.4. The van der Waals surface area contributed by atoms with E-state index in [1.54, 1.807) is 12.1 Å². The topological polar surface area (TPSA) is 43.1 Å². The number of benzene rings is 2. The molecule has 20 heavy (non-hydrogen) atoms. The fraction of sp³-hybridized carbons (Fsp3) is 0.250. The Balaban J connectivity index is 2.08. The van der Waals surface area contributed by atoms with Crippen molar-refractivity contribution in [3.63, 3.8) is 0 Å². The molecule has 0 bridgehead atoms. The van der Waals surface area contributed by atoms with Crippen LogP contribution in [0.15, 0.2) is 42.5 Å². The van der Waals surface area contributed by atoms with Crippen molar-refractivity contribution in [1.82, 2.24) is 0 Å². The molecule has 0 saturated carbocycles. The largest absolute Gasteiger partial charge is 0.326 e. The van der Waals surface area contributed by atoms with Crippen LogP contribution in [-0.2, 0) is 28.9 Å². The summed E-state index contributed by atoms with van der Waals surface area (Å²) in [5.41, 5.74) is 9.02. The van der Waals surface area contributed by atoms with Gasteiger partial charge < -0.3 is 5.73 Å². The van der Waals surface area contributed by atoms with Gasteiger partial charge in [-0.1, -0.05) is 42.0 Å². The van der Waals surface area contributed by atoms with Crippen LogP contribution in [0.3, 0.4) is 0 Å². The van der Waals surface area contributed by atoms with Crippen LogP contribution in [0.25, 0.3) is 0 Å². The van der Waals surface area contributed by atoms with Crippen molar-refractivity contribution in [3.8, 4) is 0 Å². The molecule has 1 atom stereocenters. The van der Waals surface area contributed by atoms with Gasteiger partial charge in [0.05, 0.1) is 5.75 Å². The van der Waals surface area contributed by atoms with E-state index in [0.717, 1.165) is 16.7 Å². The zero-order valence-corrected chi connectivity index (χ0v) is 12.3. The van der Waals surface area contributed by atoms with Crippen molar-refractivity contribution < 1.29 is 8.60 Å². The second-order valence-electron chi connectivity index (χ2n) is 4.85. The molecule has 2 rings (SSSR count). The van der Waals surface area contributed by atoms with Gasteiger partial charge in [0.25, 0.3) is 0 Å². The summed E-state index contributed by atoms with van der Waals surface area (Å²) in [6.07, 6.45) is 0. The third-order valence-electron chi connectivity index (χ3n) is 3.07. The molecular formula is C16H18FNOS. The molecule has 4 heteroatoms. The molecular weight excluding hydrogens is 273 g/mol. The molecule has 1 unspecified atom stereocenters. The summed E-state index contributed by atoms with van der Waals surface area (Å²) in [7, 11) is -1.13. The van der Waals surface area contributed by atoms with Gasteiger partial charge in [-0.25, -0.2) is 4.39 Å². The maximum Gasteiger partial charge on any atom is 0.127 e. The maximum atomic E-state index is 13.7. The number of aryl methyl sites for hydroxylation is 1. The molecule has 0 aliphatic carbocycles. The number of halogens is 1. The first-order valence-corrected chi connectivity index (χ1v) is 7.95. The van der Waals surface area contributed by atoms with Gasteiger partial charge in [-0.2, -0.15) is 0 Å². The Morgan fingerprint density at radius 2 is 1.90 bits per heavy atom. The molecule has 0 amide bonds. The van der Waals surface area contributed by atoms with Gasteiger partial charge in [0.1, 0.15) is 5.82 Å². The first-order chi connectivity index (χ1) is 9.58. The van der Waals surface area contributed by atoms with E-state index in [9.17, 15) is 8.60 Å². The second-order valence-corrected chi connectivity index (χ2v) is 6.30. The molecule has 0 fully saturated rings. The van der Waals surface area contributed by atoms with Crippen molar-refractivity contribution in [2.75, 3.05) is 0 Å². The Hall–Kier alpha value is -1.52. The molecule has 0 aromatic heterocycles. The van der Waals surface area contributed by atoms with Crippen LogP contribution in [0.5, 0.6) is 0 Å². The van der Waals surface area contributed by atoms with Crippen molar-refractivity contribution in [2.45, 2.75) is 25.0 Å². The molecule has 0 radical (unpaired) electrons. The SMILES string of the molecule is Cc1cccc(CS(=O)Cc2cc(CN)ccc2F)c1. The van der Waals surface area contributed by atoms with Gasteiger partial charge >= 0.3 is 0 Å².